The van der Waals surface area contributed by atoms with E-state index in [1.807, 2.05) is 32.8 Å². The second-order valence-corrected chi connectivity index (χ2v) is 3.97. The van der Waals surface area contributed by atoms with Crippen molar-refractivity contribution in [2.75, 3.05) is 27.8 Å². The van der Waals surface area contributed by atoms with Gasteiger partial charge in [0, 0.05) is 13.2 Å². The highest BCUT2D eigenvalue weighted by Gasteiger charge is 2.23. The van der Waals surface area contributed by atoms with Crippen molar-refractivity contribution in [2.24, 2.45) is 0 Å². The molecule has 3 nitrogen and oxygen atoms in total. The van der Waals surface area contributed by atoms with Crippen LogP contribution in [0, 0.1) is 0 Å². The summed E-state index contributed by atoms with van der Waals surface area (Å²) in [5.74, 6) is 0. The van der Waals surface area contributed by atoms with Gasteiger partial charge in [-0.2, -0.15) is 0 Å². The van der Waals surface area contributed by atoms with E-state index in [2.05, 4.69) is 0 Å². The topological polar surface area (TPSA) is 32.7 Å². The third-order valence-electron chi connectivity index (χ3n) is 2.22. The molecular weight excluding hydrogens is 154 g/mol. The van der Waals surface area contributed by atoms with E-state index in [4.69, 9.17) is 9.84 Å². The Labute approximate surface area is 75.3 Å². The highest BCUT2D eigenvalue weighted by molar-refractivity contribution is 4.77. The van der Waals surface area contributed by atoms with Crippen LogP contribution in [0.25, 0.3) is 0 Å². The minimum Gasteiger partial charge on any atom is -0.395 e. The number of nitrogens with zero attached hydrogens (tertiary/aromatic N) is 1. The van der Waals surface area contributed by atoms with Gasteiger partial charge in [-0.1, -0.05) is 0 Å². The third-order valence-corrected chi connectivity index (χ3v) is 2.22. The molecule has 0 spiro atoms. The number of aliphatic hydroxyl groups excluding tert-OH is 1. The van der Waals surface area contributed by atoms with E-state index in [1.165, 1.54) is 0 Å². The molecule has 0 saturated carbocycles. The first-order chi connectivity index (χ1) is 5.43. The fourth-order valence-electron chi connectivity index (χ4n) is 1.06. The number of likely N-dealkylation sites (N-methyl/N-ethyl adjacent to an activating group) is 1. The smallest absolute Gasteiger partial charge is 0.0638 e. The molecule has 0 fully saturated rings. The van der Waals surface area contributed by atoms with Crippen LogP contribution in [-0.4, -0.2) is 49.5 Å². The van der Waals surface area contributed by atoms with Crippen molar-refractivity contribution in [2.45, 2.75) is 31.9 Å². The zero-order valence-corrected chi connectivity index (χ0v) is 8.79. The van der Waals surface area contributed by atoms with Crippen molar-refractivity contribution in [1.82, 2.24) is 4.90 Å². The normalized spacial score (nSPS) is 15.2. The molecule has 0 radical (unpaired) electrons. The van der Waals surface area contributed by atoms with E-state index in [9.17, 15) is 0 Å². The average molecular weight is 175 g/mol. The maximum absolute atomic E-state index is 9.06. The van der Waals surface area contributed by atoms with Crippen molar-refractivity contribution < 1.29 is 9.84 Å². The molecule has 0 saturated heterocycles. The molecule has 1 atom stereocenters. The van der Waals surface area contributed by atoms with E-state index >= 15 is 0 Å². The SMILES string of the molecule is COC(C)(C)C[C@@H](CO)N(C)C. The van der Waals surface area contributed by atoms with Gasteiger partial charge in [0.1, 0.15) is 0 Å². The lowest BCUT2D eigenvalue weighted by atomic mass is 9.99. The predicted molar refractivity (Wildman–Crippen MR) is 50.3 cm³/mol. The maximum atomic E-state index is 9.06. The zero-order chi connectivity index (χ0) is 9.78. The Bertz CT molecular complexity index is 124. The summed E-state index contributed by atoms with van der Waals surface area (Å²) < 4.78 is 5.28. The molecule has 0 bridgehead atoms. The Morgan fingerprint density at radius 1 is 1.42 bits per heavy atom. The van der Waals surface area contributed by atoms with Crippen LogP contribution in [0.1, 0.15) is 20.3 Å². The Morgan fingerprint density at radius 3 is 2.17 bits per heavy atom. The molecule has 0 aliphatic rings. The van der Waals surface area contributed by atoms with Crippen molar-refractivity contribution >= 4 is 0 Å². The summed E-state index contributed by atoms with van der Waals surface area (Å²) >= 11 is 0. The fraction of sp³-hybridized carbons (Fsp3) is 1.00. The van der Waals surface area contributed by atoms with Crippen molar-refractivity contribution in [3.8, 4) is 0 Å². The fourth-order valence-corrected chi connectivity index (χ4v) is 1.06. The van der Waals surface area contributed by atoms with Crippen molar-refractivity contribution in [3.63, 3.8) is 0 Å². The van der Waals surface area contributed by atoms with Gasteiger partial charge in [0.25, 0.3) is 0 Å². The van der Waals surface area contributed by atoms with Gasteiger partial charge in [0.05, 0.1) is 12.2 Å². The van der Waals surface area contributed by atoms with E-state index in [0.717, 1.165) is 6.42 Å². The molecule has 0 rings (SSSR count). The van der Waals surface area contributed by atoms with Crippen molar-refractivity contribution in [1.29, 1.82) is 0 Å². The summed E-state index contributed by atoms with van der Waals surface area (Å²) in [4.78, 5) is 2.01. The van der Waals surface area contributed by atoms with Crippen LogP contribution < -0.4 is 0 Å². The molecule has 0 aliphatic carbocycles. The van der Waals surface area contributed by atoms with Crippen LogP contribution in [0.4, 0.5) is 0 Å². The largest absolute Gasteiger partial charge is 0.395 e. The molecule has 74 valence electrons. The van der Waals surface area contributed by atoms with Crippen LogP contribution in [0.3, 0.4) is 0 Å². The quantitative estimate of drug-likeness (QED) is 0.668. The highest BCUT2D eigenvalue weighted by Crippen LogP contribution is 2.17. The summed E-state index contributed by atoms with van der Waals surface area (Å²) in [5, 5.41) is 9.06. The van der Waals surface area contributed by atoms with Gasteiger partial charge in [-0.05, 0) is 34.4 Å². The molecular formula is C9H21NO2. The molecule has 0 amide bonds. The van der Waals surface area contributed by atoms with Crippen LogP contribution in [0.2, 0.25) is 0 Å². The molecule has 0 heterocycles. The molecule has 0 aromatic heterocycles. The summed E-state index contributed by atoms with van der Waals surface area (Å²) in [6, 6.07) is 0.181. The Balaban J connectivity index is 4.01. The van der Waals surface area contributed by atoms with Gasteiger partial charge in [-0.3, -0.25) is 0 Å². The standard InChI is InChI=1S/C9H21NO2/c1-9(2,12-5)6-8(7-11)10(3)4/h8,11H,6-7H2,1-5H3/t8-/m0/s1. The lowest BCUT2D eigenvalue weighted by molar-refractivity contribution is -0.0114. The third kappa shape index (κ3) is 4.04. The summed E-state index contributed by atoms with van der Waals surface area (Å²) in [6.07, 6.45) is 0.840. The first kappa shape index (κ1) is 11.9. The number of methoxy groups -OCH3 is 1. The number of rotatable bonds is 5. The summed E-state index contributed by atoms with van der Waals surface area (Å²) in [5.41, 5.74) is -0.155. The summed E-state index contributed by atoms with van der Waals surface area (Å²) in [6.45, 7) is 4.23. The van der Waals surface area contributed by atoms with Crippen LogP contribution in [-0.2, 0) is 4.74 Å². The lowest BCUT2D eigenvalue weighted by Crippen LogP contribution is -2.39. The van der Waals surface area contributed by atoms with Gasteiger partial charge < -0.3 is 14.7 Å². The predicted octanol–water partition coefficient (Wildman–Crippen LogP) is 0.724. The molecule has 1 N–H and O–H groups in total. The molecule has 3 heteroatoms. The van der Waals surface area contributed by atoms with Gasteiger partial charge in [-0.25, -0.2) is 0 Å². The second-order valence-electron chi connectivity index (χ2n) is 3.97. The number of hydrogen-bond acceptors (Lipinski definition) is 3. The lowest BCUT2D eigenvalue weighted by Gasteiger charge is -2.31. The monoisotopic (exact) mass is 175 g/mol. The number of hydrogen-bond donors (Lipinski definition) is 1. The Hall–Kier alpha value is -0.120. The van der Waals surface area contributed by atoms with Crippen LogP contribution in [0.5, 0.6) is 0 Å². The summed E-state index contributed by atoms with van der Waals surface area (Å²) in [7, 11) is 5.63. The van der Waals surface area contributed by atoms with Gasteiger partial charge in [0.2, 0.25) is 0 Å². The van der Waals surface area contributed by atoms with Crippen LogP contribution in [0.15, 0.2) is 0 Å². The zero-order valence-electron chi connectivity index (χ0n) is 8.79. The number of aliphatic hydroxyl groups is 1. The molecule has 0 aromatic rings. The second kappa shape index (κ2) is 4.80. The van der Waals surface area contributed by atoms with Crippen molar-refractivity contribution in [3.05, 3.63) is 0 Å². The van der Waals surface area contributed by atoms with Crippen LogP contribution >= 0.6 is 0 Å². The van der Waals surface area contributed by atoms with E-state index in [1.54, 1.807) is 7.11 Å². The van der Waals surface area contributed by atoms with Gasteiger partial charge in [0.15, 0.2) is 0 Å². The maximum Gasteiger partial charge on any atom is 0.0638 e. The van der Waals surface area contributed by atoms with E-state index in [0.29, 0.717) is 0 Å². The first-order valence-corrected chi connectivity index (χ1v) is 4.25. The molecule has 0 aromatic carbocycles. The molecule has 12 heavy (non-hydrogen) atoms. The molecule has 0 unspecified atom stereocenters. The molecule has 0 aliphatic heterocycles. The Kier molecular flexibility index (Phi) is 4.75. The van der Waals surface area contributed by atoms with E-state index < -0.39 is 0 Å². The first-order valence-electron chi connectivity index (χ1n) is 4.25. The average Bonchev–Trinajstić information content (AvgIpc) is 2.00. The highest BCUT2D eigenvalue weighted by atomic mass is 16.5. The van der Waals surface area contributed by atoms with Gasteiger partial charge in [-0.15, -0.1) is 0 Å². The number of ether oxygens (including phenoxy) is 1. The minimum atomic E-state index is -0.155. The van der Waals surface area contributed by atoms with Gasteiger partial charge >= 0.3 is 0 Å². The van der Waals surface area contributed by atoms with E-state index in [-0.39, 0.29) is 18.2 Å². The Morgan fingerprint density at radius 2 is 1.92 bits per heavy atom. The minimum absolute atomic E-state index is 0.155.